The maximum atomic E-state index is 9.68. The van der Waals surface area contributed by atoms with E-state index in [2.05, 4.69) is 5.10 Å². The van der Waals surface area contributed by atoms with Crippen molar-refractivity contribution in [3.05, 3.63) is 47.8 Å². The van der Waals surface area contributed by atoms with Crippen LogP contribution in [-0.4, -0.2) is 14.9 Å². The smallest absolute Gasteiger partial charge is 0.130 e. The lowest BCUT2D eigenvalue weighted by Gasteiger charge is -2.10. The SMILES string of the molecule is CCC(O)c1ccc(OCc2ccnn2C)cc1. The third kappa shape index (κ3) is 2.90. The van der Waals surface area contributed by atoms with Crippen molar-refractivity contribution in [1.82, 2.24) is 9.78 Å². The number of hydrogen-bond acceptors (Lipinski definition) is 3. The first-order valence-corrected chi connectivity index (χ1v) is 6.08. The number of ether oxygens (including phenoxy) is 1. The van der Waals surface area contributed by atoms with Gasteiger partial charge in [0.05, 0.1) is 11.8 Å². The number of rotatable bonds is 5. The van der Waals surface area contributed by atoms with E-state index in [0.29, 0.717) is 6.61 Å². The van der Waals surface area contributed by atoms with Gasteiger partial charge in [-0.25, -0.2) is 0 Å². The molecule has 0 bridgehead atoms. The van der Waals surface area contributed by atoms with Crippen molar-refractivity contribution >= 4 is 0 Å². The Morgan fingerprint density at radius 3 is 2.56 bits per heavy atom. The quantitative estimate of drug-likeness (QED) is 0.881. The van der Waals surface area contributed by atoms with Gasteiger partial charge in [-0.3, -0.25) is 4.68 Å². The van der Waals surface area contributed by atoms with E-state index in [4.69, 9.17) is 4.74 Å². The fourth-order valence-electron chi connectivity index (χ4n) is 1.72. The average Bonchev–Trinajstić information content (AvgIpc) is 2.81. The molecule has 0 radical (unpaired) electrons. The lowest BCUT2D eigenvalue weighted by Crippen LogP contribution is -2.03. The summed E-state index contributed by atoms with van der Waals surface area (Å²) in [7, 11) is 1.89. The monoisotopic (exact) mass is 246 g/mol. The van der Waals surface area contributed by atoms with Gasteiger partial charge in [0.1, 0.15) is 12.4 Å². The molecule has 4 nitrogen and oxygen atoms in total. The van der Waals surface area contributed by atoms with E-state index in [9.17, 15) is 5.11 Å². The fraction of sp³-hybridized carbons (Fsp3) is 0.357. The second-order valence-corrected chi connectivity index (χ2v) is 4.23. The van der Waals surface area contributed by atoms with Crippen molar-refractivity contribution in [2.24, 2.45) is 7.05 Å². The molecule has 2 aromatic rings. The number of hydrogen-bond donors (Lipinski definition) is 1. The summed E-state index contributed by atoms with van der Waals surface area (Å²) < 4.78 is 7.44. The Labute approximate surface area is 107 Å². The number of aliphatic hydroxyl groups is 1. The zero-order valence-corrected chi connectivity index (χ0v) is 10.7. The molecule has 1 heterocycles. The van der Waals surface area contributed by atoms with E-state index >= 15 is 0 Å². The number of aromatic nitrogens is 2. The van der Waals surface area contributed by atoms with Crippen LogP contribution in [0.4, 0.5) is 0 Å². The van der Waals surface area contributed by atoms with Crippen LogP contribution < -0.4 is 4.74 Å². The van der Waals surface area contributed by atoms with Gasteiger partial charge < -0.3 is 9.84 Å². The van der Waals surface area contributed by atoms with E-state index in [0.717, 1.165) is 23.4 Å². The van der Waals surface area contributed by atoms with Gasteiger partial charge in [-0.15, -0.1) is 0 Å². The fourth-order valence-corrected chi connectivity index (χ4v) is 1.72. The standard InChI is InChI=1S/C14H18N2O2/c1-3-14(17)11-4-6-13(7-5-11)18-10-12-8-9-15-16(12)2/h4-9,14,17H,3,10H2,1-2H3. The van der Waals surface area contributed by atoms with Crippen molar-refractivity contribution in [1.29, 1.82) is 0 Å². The maximum absolute atomic E-state index is 9.68. The molecule has 1 atom stereocenters. The Bertz CT molecular complexity index is 491. The van der Waals surface area contributed by atoms with Crippen LogP contribution in [0.5, 0.6) is 5.75 Å². The van der Waals surface area contributed by atoms with Gasteiger partial charge in [0, 0.05) is 13.2 Å². The third-order valence-corrected chi connectivity index (χ3v) is 2.96. The Hall–Kier alpha value is -1.81. The lowest BCUT2D eigenvalue weighted by molar-refractivity contribution is 0.173. The van der Waals surface area contributed by atoms with Crippen LogP contribution in [0.25, 0.3) is 0 Å². The highest BCUT2D eigenvalue weighted by molar-refractivity contribution is 5.28. The molecule has 4 heteroatoms. The van der Waals surface area contributed by atoms with Gasteiger partial charge in [0.2, 0.25) is 0 Å². The number of nitrogens with zero attached hydrogens (tertiary/aromatic N) is 2. The van der Waals surface area contributed by atoms with Crippen molar-refractivity contribution in [3.8, 4) is 5.75 Å². The molecule has 0 spiro atoms. The lowest BCUT2D eigenvalue weighted by atomic mass is 10.1. The summed E-state index contributed by atoms with van der Waals surface area (Å²) in [4.78, 5) is 0. The van der Waals surface area contributed by atoms with Gasteiger partial charge in [-0.1, -0.05) is 19.1 Å². The van der Waals surface area contributed by atoms with Gasteiger partial charge in [-0.05, 0) is 30.2 Å². The Morgan fingerprint density at radius 2 is 2.00 bits per heavy atom. The van der Waals surface area contributed by atoms with Gasteiger partial charge >= 0.3 is 0 Å². The minimum absolute atomic E-state index is 0.392. The van der Waals surface area contributed by atoms with E-state index in [1.54, 1.807) is 10.9 Å². The molecule has 2 rings (SSSR count). The Balaban J connectivity index is 1.96. The predicted octanol–water partition coefficient (Wildman–Crippen LogP) is 2.44. The average molecular weight is 246 g/mol. The van der Waals surface area contributed by atoms with Gasteiger partial charge in [0.25, 0.3) is 0 Å². The first kappa shape index (κ1) is 12.6. The molecule has 0 amide bonds. The number of aliphatic hydroxyl groups excluding tert-OH is 1. The highest BCUT2D eigenvalue weighted by Gasteiger charge is 2.05. The molecular formula is C14H18N2O2. The molecule has 0 saturated heterocycles. The molecule has 0 fully saturated rings. The Kier molecular flexibility index (Phi) is 3.99. The third-order valence-electron chi connectivity index (χ3n) is 2.96. The second kappa shape index (κ2) is 5.69. The summed E-state index contributed by atoms with van der Waals surface area (Å²) in [6.07, 6.45) is 2.07. The normalized spacial score (nSPS) is 12.4. The minimum Gasteiger partial charge on any atom is -0.487 e. The van der Waals surface area contributed by atoms with Crippen molar-refractivity contribution in [2.75, 3.05) is 0 Å². The largest absolute Gasteiger partial charge is 0.487 e. The first-order valence-electron chi connectivity index (χ1n) is 6.08. The zero-order valence-electron chi connectivity index (χ0n) is 10.7. The van der Waals surface area contributed by atoms with E-state index in [1.807, 2.05) is 44.3 Å². The van der Waals surface area contributed by atoms with Crippen LogP contribution in [0.1, 0.15) is 30.7 Å². The van der Waals surface area contributed by atoms with E-state index in [-0.39, 0.29) is 0 Å². The van der Waals surface area contributed by atoms with E-state index in [1.165, 1.54) is 0 Å². The summed E-state index contributed by atoms with van der Waals surface area (Å²) in [6.45, 7) is 2.45. The molecule has 1 unspecified atom stereocenters. The Morgan fingerprint density at radius 1 is 1.28 bits per heavy atom. The first-order chi connectivity index (χ1) is 8.70. The highest BCUT2D eigenvalue weighted by atomic mass is 16.5. The minimum atomic E-state index is -0.392. The summed E-state index contributed by atoms with van der Waals surface area (Å²) in [5.41, 5.74) is 1.94. The van der Waals surface area contributed by atoms with Gasteiger partial charge in [-0.2, -0.15) is 5.10 Å². The van der Waals surface area contributed by atoms with Crippen molar-refractivity contribution < 1.29 is 9.84 Å². The van der Waals surface area contributed by atoms with E-state index < -0.39 is 6.10 Å². The second-order valence-electron chi connectivity index (χ2n) is 4.23. The summed E-state index contributed by atoms with van der Waals surface area (Å²) in [5.74, 6) is 0.795. The van der Waals surface area contributed by atoms with Crippen LogP contribution in [0.15, 0.2) is 36.5 Å². The topological polar surface area (TPSA) is 47.3 Å². The van der Waals surface area contributed by atoms with Crippen LogP contribution in [0.2, 0.25) is 0 Å². The van der Waals surface area contributed by atoms with Crippen molar-refractivity contribution in [3.63, 3.8) is 0 Å². The van der Waals surface area contributed by atoms with Crippen LogP contribution in [0, 0.1) is 0 Å². The number of benzene rings is 1. The predicted molar refractivity (Wildman–Crippen MR) is 69.2 cm³/mol. The van der Waals surface area contributed by atoms with Crippen LogP contribution in [0.3, 0.4) is 0 Å². The molecule has 1 N–H and O–H groups in total. The summed E-state index contributed by atoms with van der Waals surface area (Å²) >= 11 is 0. The van der Waals surface area contributed by atoms with Crippen LogP contribution in [-0.2, 0) is 13.7 Å². The van der Waals surface area contributed by atoms with Crippen LogP contribution >= 0.6 is 0 Å². The maximum Gasteiger partial charge on any atom is 0.130 e. The molecular weight excluding hydrogens is 228 g/mol. The zero-order chi connectivity index (χ0) is 13.0. The molecule has 0 saturated carbocycles. The number of aryl methyl sites for hydroxylation is 1. The summed E-state index contributed by atoms with van der Waals surface area (Å²) in [6, 6.07) is 9.48. The molecule has 0 aliphatic rings. The molecule has 96 valence electrons. The molecule has 1 aromatic heterocycles. The summed E-state index contributed by atoms with van der Waals surface area (Å²) in [5, 5.41) is 13.8. The van der Waals surface area contributed by atoms with Gasteiger partial charge in [0.15, 0.2) is 0 Å². The van der Waals surface area contributed by atoms with Crippen molar-refractivity contribution in [2.45, 2.75) is 26.1 Å². The molecule has 18 heavy (non-hydrogen) atoms. The molecule has 0 aliphatic carbocycles. The molecule has 0 aliphatic heterocycles. The molecule has 1 aromatic carbocycles. The highest BCUT2D eigenvalue weighted by Crippen LogP contribution is 2.20.